The lowest BCUT2D eigenvalue weighted by molar-refractivity contribution is -0.138. The van der Waals surface area contributed by atoms with Gasteiger partial charge in [0.2, 0.25) is 5.88 Å². The molecule has 1 saturated heterocycles. The second-order valence-corrected chi connectivity index (χ2v) is 10.9. The number of fused-ring (bicyclic) bond motifs is 1. The molecule has 1 aromatic heterocycles. The molecule has 2 aliphatic heterocycles. The zero-order valence-corrected chi connectivity index (χ0v) is 23.1. The molecule has 0 aliphatic carbocycles. The standard InChI is InChI=1S/C28H29F3N4O4S/c1-16-14-34(15-17(2)39-16)8-9-35-26(36)25(40-27(35)37)22(18-5-7-24-20(10-18)13-32-33-24)11-19-4-6-21(38-3)12-23(19)28(29,30)31/h4-7,10,12-13,16-17,36H,8-9,11,14-15H2,1-3H3/t16-,17+. The first-order chi connectivity index (χ1) is 19.0. The lowest BCUT2D eigenvalue weighted by atomic mass is 9.96. The van der Waals surface area contributed by atoms with Crippen molar-refractivity contribution < 1.29 is 27.8 Å². The summed E-state index contributed by atoms with van der Waals surface area (Å²) in [7, 11) is 1.31. The largest absolute Gasteiger partial charge is 0.497 e. The van der Waals surface area contributed by atoms with Crippen LogP contribution >= 0.6 is 11.3 Å². The van der Waals surface area contributed by atoms with Crippen LogP contribution in [0.1, 0.15) is 35.4 Å². The summed E-state index contributed by atoms with van der Waals surface area (Å²) in [6.07, 6.45) is -3.16. The Hall–Kier alpha value is -3.48. The van der Waals surface area contributed by atoms with Gasteiger partial charge in [-0.1, -0.05) is 23.5 Å². The molecular formula is C28H29F3N4O4S. The van der Waals surface area contributed by atoms with Crippen LogP contribution in [0.2, 0.25) is 0 Å². The van der Waals surface area contributed by atoms with Gasteiger partial charge in [0, 0.05) is 38.2 Å². The van der Waals surface area contributed by atoms with E-state index in [2.05, 4.69) is 15.1 Å². The minimum absolute atomic E-state index is 0.00903. The Morgan fingerprint density at radius 3 is 2.60 bits per heavy atom. The van der Waals surface area contributed by atoms with Crippen LogP contribution in [0.25, 0.3) is 5.57 Å². The van der Waals surface area contributed by atoms with Crippen molar-refractivity contribution in [2.24, 2.45) is 10.2 Å². The lowest BCUT2D eigenvalue weighted by Crippen LogP contribution is -2.46. The first-order valence-electron chi connectivity index (χ1n) is 12.8. The molecule has 8 nitrogen and oxygen atoms in total. The Labute approximate surface area is 232 Å². The second-order valence-electron chi connectivity index (χ2n) is 9.98. The van der Waals surface area contributed by atoms with E-state index in [4.69, 9.17) is 9.47 Å². The third-order valence-corrected chi connectivity index (χ3v) is 8.03. The number of aromatic nitrogens is 1. The van der Waals surface area contributed by atoms with Gasteiger partial charge >= 0.3 is 11.0 Å². The third kappa shape index (κ3) is 5.84. The Bertz CT molecular complexity index is 1620. The van der Waals surface area contributed by atoms with E-state index >= 15 is 0 Å². The maximum atomic E-state index is 14.1. The van der Waals surface area contributed by atoms with Gasteiger partial charge in [-0.2, -0.15) is 23.4 Å². The molecule has 2 aliphatic rings. The van der Waals surface area contributed by atoms with E-state index in [1.165, 1.54) is 23.8 Å². The molecule has 1 N–H and O–H groups in total. The van der Waals surface area contributed by atoms with Crippen LogP contribution in [-0.2, 0) is 23.9 Å². The average molecular weight is 575 g/mol. The van der Waals surface area contributed by atoms with Gasteiger partial charge in [-0.25, -0.2) is 0 Å². The molecule has 0 amide bonds. The summed E-state index contributed by atoms with van der Waals surface area (Å²) in [5, 5.41) is 20.4. The number of halogens is 3. The Morgan fingerprint density at radius 2 is 1.90 bits per heavy atom. The predicted octanol–water partition coefficient (Wildman–Crippen LogP) is 3.16. The number of aromatic hydroxyl groups is 1. The molecule has 2 aromatic carbocycles. The average Bonchev–Trinajstić information content (AvgIpc) is 3.48. The first-order valence-corrected chi connectivity index (χ1v) is 13.6. The fourth-order valence-electron chi connectivity index (χ4n) is 5.19. The maximum absolute atomic E-state index is 14.1. The molecular weight excluding hydrogens is 545 g/mol. The van der Waals surface area contributed by atoms with Crippen LogP contribution in [-0.4, -0.2) is 59.7 Å². The van der Waals surface area contributed by atoms with Gasteiger partial charge < -0.3 is 14.6 Å². The fourth-order valence-corrected chi connectivity index (χ4v) is 6.17. The molecule has 3 aromatic rings. The fraction of sp³-hybridized carbons (Fsp3) is 0.393. The highest BCUT2D eigenvalue weighted by molar-refractivity contribution is 7.10. The number of benzene rings is 2. The summed E-state index contributed by atoms with van der Waals surface area (Å²) in [4.78, 5) is 15.1. The lowest BCUT2D eigenvalue weighted by Gasteiger charge is -2.35. The van der Waals surface area contributed by atoms with Crippen LogP contribution in [0.3, 0.4) is 0 Å². The van der Waals surface area contributed by atoms with E-state index in [0.29, 0.717) is 41.3 Å². The molecule has 0 bridgehead atoms. The molecule has 12 heteroatoms. The minimum Gasteiger partial charge on any atom is -0.497 e. The van der Waals surface area contributed by atoms with E-state index < -0.39 is 11.7 Å². The number of nitrogens with zero attached hydrogens (tertiary/aromatic N) is 4. The maximum Gasteiger partial charge on any atom is 0.416 e. The van der Waals surface area contributed by atoms with Crippen molar-refractivity contribution in [2.75, 3.05) is 26.7 Å². The van der Waals surface area contributed by atoms with E-state index in [1.807, 2.05) is 13.8 Å². The van der Waals surface area contributed by atoms with Gasteiger partial charge in [-0.15, -0.1) is 0 Å². The molecule has 1 fully saturated rings. The number of hydrogen-bond acceptors (Lipinski definition) is 8. The molecule has 3 heterocycles. The van der Waals surface area contributed by atoms with E-state index in [1.54, 1.807) is 24.4 Å². The van der Waals surface area contributed by atoms with Crippen molar-refractivity contribution in [3.63, 3.8) is 0 Å². The molecule has 0 spiro atoms. The van der Waals surface area contributed by atoms with Gasteiger partial charge in [-0.3, -0.25) is 14.3 Å². The first kappa shape index (κ1) is 28.1. The molecule has 0 saturated carbocycles. The summed E-state index contributed by atoms with van der Waals surface area (Å²) in [6, 6.07) is 8.98. The van der Waals surface area contributed by atoms with Gasteiger partial charge in [0.05, 0.1) is 41.3 Å². The molecule has 212 valence electrons. The summed E-state index contributed by atoms with van der Waals surface area (Å²) >= 11 is 0.819. The Balaban J connectivity index is 1.58. The van der Waals surface area contributed by atoms with Crippen molar-refractivity contribution in [1.82, 2.24) is 9.47 Å². The highest BCUT2D eigenvalue weighted by atomic mass is 32.1. The number of methoxy groups -OCH3 is 1. The molecule has 0 unspecified atom stereocenters. The number of rotatable bonds is 7. The van der Waals surface area contributed by atoms with Gasteiger partial charge in [0.1, 0.15) is 5.75 Å². The normalized spacial score (nSPS) is 19.9. The molecule has 5 rings (SSSR count). The topological polar surface area (TPSA) is 88.7 Å². The van der Waals surface area contributed by atoms with Crippen molar-refractivity contribution in [3.8, 4) is 11.6 Å². The monoisotopic (exact) mass is 574 g/mol. The van der Waals surface area contributed by atoms with E-state index in [9.17, 15) is 23.1 Å². The zero-order valence-electron chi connectivity index (χ0n) is 22.2. The SMILES string of the molecule is COc1ccc(CC(c2sc(=O)n(CCN3C[C@@H](C)O[C@@H](C)C3)c2O)=c2ccc3c(c2)C=NN=3)c(C(F)(F)F)c1. The molecule has 40 heavy (non-hydrogen) atoms. The van der Waals surface area contributed by atoms with Gasteiger partial charge in [0.15, 0.2) is 0 Å². The van der Waals surface area contributed by atoms with Crippen molar-refractivity contribution in [2.45, 2.75) is 45.2 Å². The predicted molar refractivity (Wildman–Crippen MR) is 146 cm³/mol. The van der Waals surface area contributed by atoms with Crippen LogP contribution in [0.4, 0.5) is 13.2 Å². The quantitative estimate of drug-likeness (QED) is 0.469. The number of ether oxygens (including phenoxy) is 2. The second kappa shape index (κ2) is 11.2. The highest BCUT2D eigenvalue weighted by Gasteiger charge is 2.34. The summed E-state index contributed by atoms with van der Waals surface area (Å²) in [6.45, 7) is 6.13. The van der Waals surface area contributed by atoms with Crippen LogP contribution in [0, 0.1) is 0 Å². The van der Waals surface area contributed by atoms with Gasteiger partial charge in [0.25, 0.3) is 0 Å². The van der Waals surface area contributed by atoms with Crippen LogP contribution in [0.15, 0.2) is 51.4 Å². The number of hydrogen-bond donors (Lipinski definition) is 1. The summed E-state index contributed by atoms with van der Waals surface area (Å²) < 4.78 is 54.3. The highest BCUT2D eigenvalue weighted by Crippen LogP contribution is 2.37. The third-order valence-electron chi connectivity index (χ3n) is 7.01. The Kier molecular flexibility index (Phi) is 7.85. The van der Waals surface area contributed by atoms with E-state index in [0.717, 1.165) is 17.4 Å². The zero-order chi connectivity index (χ0) is 28.6. The molecule has 0 radical (unpaired) electrons. The summed E-state index contributed by atoms with van der Waals surface area (Å²) in [5.74, 6) is -0.182. The number of alkyl halides is 3. The van der Waals surface area contributed by atoms with E-state index in [-0.39, 0.29) is 52.1 Å². The van der Waals surface area contributed by atoms with Crippen molar-refractivity contribution >= 4 is 23.1 Å². The minimum atomic E-state index is -4.63. The number of thiazole rings is 1. The van der Waals surface area contributed by atoms with Crippen LogP contribution in [0.5, 0.6) is 11.6 Å². The van der Waals surface area contributed by atoms with Gasteiger partial charge in [-0.05, 0) is 54.5 Å². The van der Waals surface area contributed by atoms with Crippen molar-refractivity contribution in [3.05, 3.63) is 78.2 Å². The summed E-state index contributed by atoms with van der Waals surface area (Å²) in [5.41, 5.74) is 0.238. The smallest absolute Gasteiger partial charge is 0.416 e. The number of morpholine rings is 1. The Morgan fingerprint density at radius 1 is 1.15 bits per heavy atom. The van der Waals surface area contributed by atoms with Crippen molar-refractivity contribution in [1.29, 1.82) is 0 Å². The molecule has 2 atom stereocenters. The van der Waals surface area contributed by atoms with Crippen LogP contribution < -0.4 is 20.2 Å².